The number of primary amides is 1. The summed E-state index contributed by atoms with van der Waals surface area (Å²) in [4.78, 5) is 20.7. The van der Waals surface area contributed by atoms with Crippen LogP contribution in [0.1, 0.15) is 75.1 Å². The maximum Gasteiger partial charge on any atom is 0.254 e. The molecule has 0 spiro atoms. The van der Waals surface area contributed by atoms with Crippen LogP contribution in [0.3, 0.4) is 0 Å². The minimum atomic E-state index is -0.554. The molecule has 4 rings (SSSR count). The third-order valence-electron chi connectivity index (χ3n) is 6.47. The Balaban J connectivity index is 1.37. The molecule has 0 bridgehead atoms. The van der Waals surface area contributed by atoms with Gasteiger partial charge in [-0.15, -0.1) is 0 Å². The van der Waals surface area contributed by atoms with Crippen molar-refractivity contribution >= 4 is 17.7 Å². The molecule has 160 valence electrons. The largest absolute Gasteiger partial charge is 0.393 e. The third-order valence-corrected chi connectivity index (χ3v) is 6.47. The number of nitrogens with one attached hydrogen (secondary N) is 2. The van der Waals surface area contributed by atoms with Gasteiger partial charge in [0.25, 0.3) is 5.91 Å². The summed E-state index contributed by atoms with van der Waals surface area (Å²) >= 11 is 0. The molecule has 5 N–H and O–H groups in total. The van der Waals surface area contributed by atoms with Crippen molar-refractivity contribution in [2.45, 2.75) is 95.1 Å². The van der Waals surface area contributed by atoms with Gasteiger partial charge in [0.15, 0.2) is 0 Å². The number of aromatic nitrogens is 2. The first-order chi connectivity index (χ1) is 14.0. The van der Waals surface area contributed by atoms with Crippen LogP contribution in [0, 0.1) is 5.92 Å². The smallest absolute Gasteiger partial charge is 0.254 e. The quantitative estimate of drug-likeness (QED) is 0.551. The van der Waals surface area contributed by atoms with Gasteiger partial charge in [-0.2, -0.15) is 4.98 Å². The fourth-order valence-electron chi connectivity index (χ4n) is 4.37. The molecule has 1 aromatic heterocycles. The number of aliphatic hydroxyl groups is 1. The number of hydrogen-bond donors (Lipinski definition) is 4. The molecule has 1 amide bonds. The Morgan fingerprint density at radius 1 is 1.07 bits per heavy atom. The summed E-state index contributed by atoms with van der Waals surface area (Å²) in [7, 11) is 0. The lowest BCUT2D eigenvalue weighted by molar-refractivity contribution is 0.0146. The third kappa shape index (κ3) is 5.36. The molecule has 1 unspecified atom stereocenters. The van der Waals surface area contributed by atoms with Gasteiger partial charge in [-0.25, -0.2) is 4.98 Å². The molecule has 1 heterocycles. The highest BCUT2D eigenvalue weighted by Crippen LogP contribution is 2.31. The highest BCUT2D eigenvalue weighted by Gasteiger charge is 2.30. The van der Waals surface area contributed by atoms with E-state index in [9.17, 15) is 9.90 Å². The molecule has 3 fully saturated rings. The van der Waals surface area contributed by atoms with E-state index in [1.807, 2.05) is 0 Å². The van der Waals surface area contributed by atoms with Crippen molar-refractivity contribution < 1.29 is 14.6 Å². The lowest BCUT2D eigenvalue weighted by Crippen LogP contribution is -2.36. The van der Waals surface area contributed by atoms with Gasteiger partial charge in [-0.05, 0) is 63.7 Å². The molecule has 0 aliphatic heterocycles. The van der Waals surface area contributed by atoms with E-state index in [4.69, 9.17) is 10.5 Å². The predicted octanol–water partition coefficient (Wildman–Crippen LogP) is 2.44. The molecule has 0 radical (unpaired) electrons. The summed E-state index contributed by atoms with van der Waals surface area (Å²) in [6, 6.07) is 0.371. The number of amides is 1. The van der Waals surface area contributed by atoms with Crippen LogP contribution in [-0.2, 0) is 4.74 Å². The zero-order chi connectivity index (χ0) is 20.4. The standard InChI is InChI=1S/C21H33N5O3/c1-12-2-3-14(10-18(12)27)24-20-17(19(22)28)11-23-21(26-20)25-13-4-6-15(7-5-13)29-16-8-9-16/h11-16,18,27H,2-10H2,1H3,(H2,22,28)(H2,23,24,25,26)/t12-,13-,14?,15-,18-/m1/s1. The van der Waals surface area contributed by atoms with Crippen LogP contribution in [0.4, 0.5) is 11.8 Å². The molecule has 3 saturated carbocycles. The Kier molecular flexibility index (Phi) is 6.20. The van der Waals surface area contributed by atoms with Gasteiger partial charge in [0.1, 0.15) is 5.82 Å². The van der Waals surface area contributed by atoms with Crippen molar-refractivity contribution in [2.24, 2.45) is 11.7 Å². The van der Waals surface area contributed by atoms with Crippen LogP contribution in [0.25, 0.3) is 0 Å². The molecule has 1 aromatic rings. The molecular formula is C21H33N5O3. The van der Waals surface area contributed by atoms with Crippen molar-refractivity contribution in [2.75, 3.05) is 10.6 Å². The number of carbonyl (C=O) groups excluding carboxylic acids is 1. The fraction of sp³-hybridized carbons (Fsp3) is 0.762. The second-order valence-electron chi connectivity index (χ2n) is 8.97. The first-order valence-corrected chi connectivity index (χ1v) is 11.0. The molecule has 8 nitrogen and oxygen atoms in total. The van der Waals surface area contributed by atoms with Crippen LogP contribution in [-0.4, -0.2) is 51.4 Å². The molecule has 29 heavy (non-hydrogen) atoms. The Morgan fingerprint density at radius 2 is 1.72 bits per heavy atom. The van der Waals surface area contributed by atoms with E-state index in [2.05, 4.69) is 27.5 Å². The van der Waals surface area contributed by atoms with Gasteiger partial charge in [0, 0.05) is 18.3 Å². The maximum absolute atomic E-state index is 11.8. The van der Waals surface area contributed by atoms with Crippen LogP contribution >= 0.6 is 0 Å². The second-order valence-corrected chi connectivity index (χ2v) is 8.97. The van der Waals surface area contributed by atoms with E-state index in [0.717, 1.165) is 38.5 Å². The minimum absolute atomic E-state index is 0.0667. The Bertz CT molecular complexity index is 718. The molecule has 0 saturated heterocycles. The molecule has 8 heteroatoms. The van der Waals surface area contributed by atoms with Crippen LogP contribution < -0.4 is 16.4 Å². The molecule has 3 aliphatic rings. The van der Waals surface area contributed by atoms with Gasteiger partial charge in [0.2, 0.25) is 5.95 Å². The van der Waals surface area contributed by atoms with E-state index >= 15 is 0 Å². The average molecular weight is 404 g/mol. The number of hydrogen-bond acceptors (Lipinski definition) is 7. The van der Waals surface area contributed by atoms with Crippen molar-refractivity contribution in [3.8, 4) is 0 Å². The average Bonchev–Trinajstić information content (AvgIpc) is 3.50. The summed E-state index contributed by atoms with van der Waals surface area (Å²) in [5.74, 6) is 0.702. The zero-order valence-electron chi connectivity index (χ0n) is 17.1. The number of anilines is 2. The van der Waals surface area contributed by atoms with E-state index in [1.54, 1.807) is 0 Å². The normalized spacial score (nSPS) is 32.6. The van der Waals surface area contributed by atoms with E-state index in [1.165, 1.54) is 19.0 Å². The van der Waals surface area contributed by atoms with Gasteiger partial charge in [-0.1, -0.05) is 6.92 Å². The fourth-order valence-corrected chi connectivity index (χ4v) is 4.37. The Labute approximate surface area is 172 Å². The number of carbonyl (C=O) groups is 1. The van der Waals surface area contributed by atoms with E-state index in [0.29, 0.717) is 42.4 Å². The Hall–Kier alpha value is -1.93. The minimum Gasteiger partial charge on any atom is -0.393 e. The number of ether oxygens (including phenoxy) is 1. The summed E-state index contributed by atoms with van der Waals surface area (Å²) in [5.41, 5.74) is 5.80. The monoisotopic (exact) mass is 403 g/mol. The van der Waals surface area contributed by atoms with Crippen LogP contribution in [0.2, 0.25) is 0 Å². The van der Waals surface area contributed by atoms with Crippen molar-refractivity contribution in [3.63, 3.8) is 0 Å². The predicted molar refractivity (Wildman–Crippen MR) is 111 cm³/mol. The topological polar surface area (TPSA) is 122 Å². The van der Waals surface area contributed by atoms with Crippen molar-refractivity contribution in [1.29, 1.82) is 0 Å². The molecule has 0 aromatic carbocycles. The van der Waals surface area contributed by atoms with Crippen molar-refractivity contribution in [1.82, 2.24) is 9.97 Å². The first-order valence-electron chi connectivity index (χ1n) is 11.0. The number of nitrogens with two attached hydrogens (primary N) is 1. The van der Waals surface area contributed by atoms with Gasteiger partial charge >= 0.3 is 0 Å². The zero-order valence-corrected chi connectivity index (χ0v) is 17.1. The van der Waals surface area contributed by atoms with E-state index in [-0.39, 0.29) is 17.7 Å². The lowest BCUT2D eigenvalue weighted by atomic mass is 9.85. The second kappa shape index (κ2) is 8.83. The van der Waals surface area contributed by atoms with Crippen LogP contribution in [0.5, 0.6) is 0 Å². The van der Waals surface area contributed by atoms with Crippen molar-refractivity contribution in [3.05, 3.63) is 11.8 Å². The number of nitrogens with zero attached hydrogens (tertiary/aromatic N) is 2. The number of rotatable bonds is 7. The lowest BCUT2D eigenvalue weighted by Gasteiger charge is -2.32. The van der Waals surface area contributed by atoms with Gasteiger partial charge in [-0.3, -0.25) is 4.79 Å². The van der Waals surface area contributed by atoms with Gasteiger partial charge < -0.3 is 26.2 Å². The van der Waals surface area contributed by atoms with Gasteiger partial charge in [0.05, 0.1) is 23.9 Å². The molecule has 3 atom stereocenters. The number of aliphatic hydroxyl groups excluding tert-OH is 1. The maximum atomic E-state index is 11.8. The highest BCUT2D eigenvalue weighted by molar-refractivity contribution is 5.97. The SMILES string of the molecule is C[C@@H]1CCC(Nc2nc(N[C@H]3CC[C@H](OC4CC4)CC3)ncc2C(N)=O)C[C@H]1O. The molecular weight excluding hydrogens is 370 g/mol. The summed E-state index contributed by atoms with van der Waals surface area (Å²) in [6.45, 7) is 2.06. The van der Waals surface area contributed by atoms with E-state index < -0.39 is 5.91 Å². The summed E-state index contributed by atoms with van der Waals surface area (Å²) in [6.07, 6.45) is 11.1. The summed E-state index contributed by atoms with van der Waals surface area (Å²) in [5, 5.41) is 16.9. The highest BCUT2D eigenvalue weighted by atomic mass is 16.5. The molecule has 3 aliphatic carbocycles. The Morgan fingerprint density at radius 3 is 2.34 bits per heavy atom. The first kappa shape index (κ1) is 20.3. The van der Waals surface area contributed by atoms with Crippen LogP contribution in [0.15, 0.2) is 6.20 Å². The summed E-state index contributed by atoms with van der Waals surface area (Å²) < 4.78 is 6.02.